The maximum Gasteiger partial charge on any atom is 0.268 e. The molecule has 4 rings (SSSR count). The number of nitrogens with zero attached hydrogens (tertiary/aromatic N) is 3. The van der Waals surface area contributed by atoms with Crippen LogP contribution < -0.4 is 5.32 Å². The number of aromatic nitrogens is 3. The summed E-state index contributed by atoms with van der Waals surface area (Å²) in [7, 11) is 0. The molecule has 0 aliphatic carbocycles. The Morgan fingerprint density at radius 3 is 2.81 bits per heavy atom. The summed E-state index contributed by atoms with van der Waals surface area (Å²) in [6.45, 7) is 0.844. The van der Waals surface area contributed by atoms with Crippen molar-refractivity contribution in [2.75, 3.05) is 0 Å². The molecule has 4 aromatic rings. The molecule has 0 unspecified atom stereocenters. The van der Waals surface area contributed by atoms with Gasteiger partial charge in [-0.15, -0.1) is 11.3 Å². The Bertz CT molecular complexity index is 1040. The molecular weight excluding hydrogens is 384 g/mol. The third-order valence-electron chi connectivity index (χ3n) is 3.94. The van der Waals surface area contributed by atoms with Crippen molar-refractivity contribution in [3.05, 3.63) is 81.5 Å². The minimum Gasteiger partial charge on any atom is -0.346 e. The van der Waals surface area contributed by atoms with Crippen LogP contribution in [0, 0.1) is 0 Å². The van der Waals surface area contributed by atoms with Gasteiger partial charge in [-0.2, -0.15) is 4.98 Å². The molecular formula is C19H15ClN4O2S. The molecule has 0 atom stereocenters. The monoisotopic (exact) mass is 398 g/mol. The van der Waals surface area contributed by atoms with E-state index in [-0.39, 0.29) is 5.91 Å². The van der Waals surface area contributed by atoms with E-state index in [9.17, 15) is 4.79 Å². The van der Waals surface area contributed by atoms with Gasteiger partial charge in [-0.3, -0.25) is 4.79 Å². The van der Waals surface area contributed by atoms with Gasteiger partial charge in [0.1, 0.15) is 5.69 Å². The molecule has 0 fully saturated rings. The van der Waals surface area contributed by atoms with Crippen LogP contribution in [0.25, 0.3) is 11.5 Å². The minimum absolute atomic E-state index is 0.144. The number of amides is 1. The fourth-order valence-corrected chi connectivity index (χ4v) is 3.38. The minimum atomic E-state index is -0.144. The van der Waals surface area contributed by atoms with Gasteiger partial charge in [0, 0.05) is 21.7 Å². The lowest BCUT2D eigenvalue weighted by Gasteiger charge is -2.07. The number of hydrogen-bond donors (Lipinski definition) is 1. The normalized spacial score (nSPS) is 10.9. The molecule has 0 aliphatic heterocycles. The maximum atomic E-state index is 12.5. The van der Waals surface area contributed by atoms with Crippen LogP contribution in [0.2, 0.25) is 5.02 Å². The van der Waals surface area contributed by atoms with Gasteiger partial charge in [-0.05, 0) is 47.8 Å². The van der Waals surface area contributed by atoms with Gasteiger partial charge < -0.3 is 14.4 Å². The first-order valence-electron chi connectivity index (χ1n) is 8.23. The van der Waals surface area contributed by atoms with Crippen LogP contribution in [0.15, 0.2) is 64.6 Å². The highest BCUT2D eigenvalue weighted by molar-refractivity contribution is 7.09. The molecule has 0 aliphatic rings. The highest BCUT2D eigenvalue weighted by Gasteiger charge is 2.14. The second kappa shape index (κ2) is 7.77. The number of carbonyl (C=O) groups is 1. The highest BCUT2D eigenvalue weighted by Crippen LogP contribution is 2.20. The van der Waals surface area contributed by atoms with Gasteiger partial charge in [0.05, 0.1) is 13.1 Å². The summed E-state index contributed by atoms with van der Waals surface area (Å²) in [4.78, 5) is 18.0. The van der Waals surface area contributed by atoms with Crippen molar-refractivity contribution in [2.24, 2.45) is 0 Å². The Morgan fingerprint density at radius 1 is 1.19 bits per heavy atom. The predicted molar refractivity (Wildman–Crippen MR) is 104 cm³/mol. The van der Waals surface area contributed by atoms with Crippen LogP contribution in [0.1, 0.15) is 21.2 Å². The summed E-state index contributed by atoms with van der Waals surface area (Å²) in [6.07, 6.45) is 1.82. The predicted octanol–water partition coefficient (Wildman–Crippen LogP) is 4.23. The van der Waals surface area contributed by atoms with E-state index in [2.05, 4.69) is 15.5 Å². The van der Waals surface area contributed by atoms with E-state index >= 15 is 0 Å². The van der Waals surface area contributed by atoms with Crippen LogP contribution in [0.4, 0.5) is 0 Å². The fraction of sp³-hybridized carbons (Fsp3) is 0.105. The number of benzene rings is 1. The lowest BCUT2D eigenvalue weighted by atomic mass is 10.2. The summed E-state index contributed by atoms with van der Waals surface area (Å²) in [5, 5.41) is 9.56. The first-order valence-corrected chi connectivity index (χ1v) is 9.49. The second-order valence-electron chi connectivity index (χ2n) is 5.81. The van der Waals surface area contributed by atoms with Crippen molar-refractivity contribution in [1.82, 2.24) is 20.0 Å². The third kappa shape index (κ3) is 4.10. The van der Waals surface area contributed by atoms with Crippen molar-refractivity contribution in [2.45, 2.75) is 13.1 Å². The first kappa shape index (κ1) is 17.5. The van der Waals surface area contributed by atoms with Crippen molar-refractivity contribution >= 4 is 28.8 Å². The van der Waals surface area contributed by atoms with Crippen LogP contribution in [0.3, 0.4) is 0 Å². The van der Waals surface area contributed by atoms with Gasteiger partial charge in [0.25, 0.3) is 11.8 Å². The number of carbonyl (C=O) groups excluding carboxylic acids is 1. The third-order valence-corrected chi connectivity index (χ3v) is 5.06. The number of nitrogens with one attached hydrogen (secondary N) is 1. The van der Waals surface area contributed by atoms with Crippen molar-refractivity contribution in [3.63, 3.8) is 0 Å². The van der Waals surface area contributed by atoms with Crippen molar-refractivity contribution in [3.8, 4) is 11.5 Å². The van der Waals surface area contributed by atoms with Gasteiger partial charge in [-0.25, -0.2) is 0 Å². The summed E-state index contributed by atoms with van der Waals surface area (Å²) in [5.41, 5.74) is 1.34. The molecule has 27 heavy (non-hydrogen) atoms. The molecule has 3 aromatic heterocycles. The Hall–Kier alpha value is -2.90. The number of hydrogen-bond acceptors (Lipinski definition) is 5. The Morgan fingerprint density at radius 2 is 2.04 bits per heavy atom. The second-order valence-corrected chi connectivity index (χ2v) is 7.27. The van der Waals surface area contributed by atoms with Gasteiger partial charge in [0.15, 0.2) is 5.82 Å². The average Bonchev–Trinajstić information content (AvgIpc) is 3.43. The lowest BCUT2D eigenvalue weighted by Crippen LogP contribution is -2.25. The zero-order chi connectivity index (χ0) is 18.6. The standard InChI is InChI=1S/C19H15ClN4O2S/c20-14-7-5-13(6-8-14)19-22-17(23-26-19)12-24-9-1-4-16(24)18(25)21-11-15-3-2-10-27-15/h1-10H,11-12H2,(H,21,25). The molecule has 1 N–H and O–H groups in total. The van der Waals surface area contributed by atoms with E-state index in [1.807, 2.05) is 41.9 Å². The summed E-state index contributed by atoms with van der Waals surface area (Å²) < 4.78 is 7.11. The SMILES string of the molecule is O=C(NCc1cccs1)c1cccn1Cc1noc(-c2ccc(Cl)cc2)n1. The zero-order valence-corrected chi connectivity index (χ0v) is 15.7. The zero-order valence-electron chi connectivity index (χ0n) is 14.1. The quantitative estimate of drug-likeness (QED) is 0.527. The van der Waals surface area contributed by atoms with Crippen LogP contribution in [-0.2, 0) is 13.1 Å². The lowest BCUT2D eigenvalue weighted by molar-refractivity contribution is 0.0942. The molecule has 3 heterocycles. The van der Waals surface area contributed by atoms with Gasteiger partial charge in [-0.1, -0.05) is 22.8 Å². The van der Waals surface area contributed by atoms with E-state index in [0.717, 1.165) is 10.4 Å². The van der Waals surface area contributed by atoms with Gasteiger partial charge in [0.2, 0.25) is 0 Å². The average molecular weight is 399 g/mol. The van der Waals surface area contributed by atoms with E-state index in [0.29, 0.717) is 35.5 Å². The van der Waals surface area contributed by atoms with E-state index < -0.39 is 0 Å². The molecule has 8 heteroatoms. The number of thiophene rings is 1. The molecule has 1 amide bonds. The molecule has 0 bridgehead atoms. The Labute approximate surface area is 164 Å². The van der Waals surface area contributed by atoms with E-state index in [1.54, 1.807) is 34.1 Å². The smallest absolute Gasteiger partial charge is 0.268 e. The highest BCUT2D eigenvalue weighted by atomic mass is 35.5. The molecule has 0 radical (unpaired) electrons. The van der Waals surface area contributed by atoms with Gasteiger partial charge >= 0.3 is 0 Å². The molecule has 0 saturated carbocycles. The first-order chi connectivity index (χ1) is 13.2. The van der Waals surface area contributed by atoms with Crippen LogP contribution >= 0.6 is 22.9 Å². The summed E-state index contributed by atoms with van der Waals surface area (Å²) in [6, 6.07) is 14.7. The van der Waals surface area contributed by atoms with Crippen LogP contribution in [0.5, 0.6) is 0 Å². The molecule has 6 nitrogen and oxygen atoms in total. The fourth-order valence-electron chi connectivity index (χ4n) is 2.61. The van der Waals surface area contributed by atoms with E-state index in [4.69, 9.17) is 16.1 Å². The Kier molecular flexibility index (Phi) is 5.04. The molecule has 0 spiro atoms. The largest absolute Gasteiger partial charge is 0.346 e. The molecule has 136 valence electrons. The summed E-state index contributed by atoms with van der Waals surface area (Å²) >= 11 is 7.51. The number of halogens is 1. The van der Waals surface area contributed by atoms with E-state index in [1.165, 1.54) is 0 Å². The summed E-state index contributed by atoms with van der Waals surface area (Å²) in [5.74, 6) is 0.760. The van der Waals surface area contributed by atoms with Crippen LogP contribution in [-0.4, -0.2) is 20.6 Å². The van der Waals surface area contributed by atoms with Crippen molar-refractivity contribution < 1.29 is 9.32 Å². The topological polar surface area (TPSA) is 73.0 Å². The maximum absolute atomic E-state index is 12.5. The van der Waals surface area contributed by atoms with Crippen molar-refractivity contribution in [1.29, 1.82) is 0 Å². The molecule has 0 saturated heterocycles. The Balaban J connectivity index is 1.45. The number of rotatable bonds is 6. The molecule has 1 aromatic carbocycles.